The lowest BCUT2D eigenvalue weighted by molar-refractivity contribution is 0.362. The van der Waals surface area contributed by atoms with E-state index in [1.165, 1.54) is 0 Å². The number of anilines is 1. The summed E-state index contributed by atoms with van der Waals surface area (Å²) in [6.45, 7) is 1.01. The molecule has 1 aromatic carbocycles. The van der Waals surface area contributed by atoms with Gasteiger partial charge in [0.15, 0.2) is 10.9 Å². The number of hydrogen-bond acceptors (Lipinski definition) is 5. The minimum absolute atomic E-state index is 0.240. The second-order valence-electron chi connectivity index (χ2n) is 5.30. The quantitative estimate of drug-likeness (QED) is 0.522. The van der Waals surface area contributed by atoms with Gasteiger partial charge in [-0.25, -0.2) is 0 Å². The van der Waals surface area contributed by atoms with E-state index < -0.39 is 0 Å². The molecular formula is C16H20N4OS. The van der Waals surface area contributed by atoms with Crippen LogP contribution in [-0.4, -0.2) is 35.1 Å². The lowest BCUT2D eigenvalue weighted by atomic mass is 10.1. The van der Waals surface area contributed by atoms with Gasteiger partial charge in [0.05, 0.1) is 6.04 Å². The molecule has 0 bridgehead atoms. The number of benzene rings is 1. The van der Waals surface area contributed by atoms with Crippen molar-refractivity contribution in [1.82, 2.24) is 10.1 Å². The molecule has 0 spiro atoms. The van der Waals surface area contributed by atoms with Gasteiger partial charge < -0.3 is 15.2 Å². The van der Waals surface area contributed by atoms with Gasteiger partial charge in [0, 0.05) is 30.9 Å². The Morgan fingerprint density at radius 3 is 3.05 bits per heavy atom. The third kappa shape index (κ3) is 2.83. The monoisotopic (exact) mass is 316 g/mol. The van der Waals surface area contributed by atoms with Gasteiger partial charge in [-0.05, 0) is 31.2 Å². The number of likely N-dealkylation sites (tertiary alicyclic amines) is 1. The zero-order valence-corrected chi connectivity index (χ0v) is 13.6. The van der Waals surface area contributed by atoms with Gasteiger partial charge in [-0.1, -0.05) is 29.1 Å². The number of hydrogen-bond donors (Lipinski definition) is 1. The van der Waals surface area contributed by atoms with E-state index >= 15 is 0 Å². The van der Waals surface area contributed by atoms with Gasteiger partial charge in [-0.2, -0.15) is 0 Å². The van der Waals surface area contributed by atoms with E-state index in [1.807, 2.05) is 37.4 Å². The van der Waals surface area contributed by atoms with E-state index in [1.54, 1.807) is 11.8 Å². The van der Waals surface area contributed by atoms with E-state index in [2.05, 4.69) is 21.3 Å². The summed E-state index contributed by atoms with van der Waals surface area (Å²) in [5, 5.41) is 5.34. The van der Waals surface area contributed by atoms with Crippen LogP contribution in [0.1, 0.15) is 24.6 Å². The molecule has 1 saturated heterocycles. The lowest BCUT2D eigenvalue weighted by Gasteiger charge is -2.24. The van der Waals surface area contributed by atoms with Crippen LogP contribution in [0.4, 0.5) is 5.69 Å². The van der Waals surface area contributed by atoms with Crippen LogP contribution in [0, 0.1) is 0 Å². The fourth-order valence-electron chi connectivity index (χ4n) is 2.91. The van der Waals surface area contributed by atoms with Crippen LogP contribution >= 0.6 is 11.8 Å². The average molecular weight is 316 g/mol. The van der Waals surface area contributed by atoms with Gasteiger partial charge in [0.25, 0.3) is 0 Å². The summed E-state index contributed by atoms with van der Waals surface area (Å²) < 4.78 is 5.53. The molecule has 1 atom stereocenters. The zero-order chi connectivity index (χ0) is 15.5. The minimum Gasteiger partial charge on any atom is -0.399 e. The molecule has 22 heavy (non-hydrogen) atoms. The average Bonchev–Trinajstić information content (AvgIpc) is 3.17. The number of nitrogens with two attached hydrogens (primary N) is 1. The second-order valence-corrected chi connectivity index (χ2v) is 6.08. The highest BCUT2D eigenvalue weighted by atomic mass is 32.2. The van der Waals surface area contributed by atoms with Crippen molar-refractivity contribution in [2.24, 2.45) is 4.99 Å². The first-order valence-corrected chi connectivity index (χ1v) is 8.55. The first-order valence-electron chi connectivity index (χ1n) is 7.33. The van der Waals surface area contributed by atoms with Crippen molar-refractivity contribution in [2.75, 3.05) is 25.6 Å². The smallest absolute Gasteiger partial charge is 0.167 e. The van der Waals surface area contributed by atoms with Crippen LogP contribution in [0.5, 0.6) is 0 Å². The molecule has 5 nitrogen and oxygen atoms in total. The van der Waals surface area contributed by atoms with Crippen molar-refractivity contribution in [3.8, 4) is 11.3 Å². The minimum atomic E-state index is 0.240. The predicted octanol–water partition coefficient (Wildman–Crippen LogP) is 3.41. The third-order valence-corrected chi connectivity index (χ3v) is 4.70. The maximum absolute atomic E-state index is 5.83. The van der Waals surface area contributed by atoms with Crippen LogP contribution in [0.25, 0.3) is 11.3 Å². The van der Waals surface area contributed by atoms with Crippen LogP contribution in [0.3, 0.4) is 0 Å². The number of aliphatic imine (C=N–C) groups is 1. The summed E-state index contributed by atoms with van der Waals surface area (Å²) in [6.07, 6.45) is 4.27. The highest BCUT2D eigenvalue weighted by Gasteiger charge is 2.30. The SMILES string of the molecule is CN=C(SC)N1CCCC1c1cc(-c2cccc(N)c2)on1. The fourth-order valence-corrected chi connectivity index (χ4v) is 3.55. The molecule has 3 rings (SSSR count). The summed E-state index contributed by atoms with van der Waals surface area (Å²) in [5.74, 6) is 0.758. The molecular weight excluding hydrogens is 296 g/mol. The molecule has 1 aromatic heterocycles. The van der Waals surface area contributed by atoms with Gasteiger partial charge in [0.2, 0.25) is 0 Å². The van der Waals surface area contributed by atoms with Crippen molar-refractivity contribution >= 4 is 22.6 Å². The Bertz CT molecular complexity index is 682. The van der Waals surface area contributed by atoms with E-state index in [-0.39, 0.29) is 6.04 Å². The molecule has 0 aliphatic carbocycles. The standard InChI is InChI=1S/C16H20N4OS/c1-18-16(22-2)20-8-4-7-14(20)13-10-15(21-19-13)11-5-3-6-12(17)9-11/h3,5-6,9-10,14H,4,7-8,17H2,1-2H3. The number of nitrogen functional groups attached to an aromatic ring is 1. The zero-order valence-electron chi connectivity index (χ0n) is 12.8. The third-order valence-electron chi connectivity index (χ3n) is 3.91. The summed E-state index contributed by atoms with van der Waals surface area (Å²) in [5.41, 5.74) is 8.48. The van der Waals surface area contributed by atoms with Crippen molar-refractivity contribution < 1.29 is 4.52 Å². The van der Waals surface area contributed by atoms with E-state index in [4.69, 9.17) is 10.3 Å². The highest BCUT2D eigenvalue weighted by Crippen LogP contribution is 2.35. The molecule has 116 valence electrons. The second kappa shape index (κ2) is 6.44. The van der Waals surface area contributed by atoms with Crippen LogP contribution < -0.4 is 5.73 Å². The van der Waals surface area contributed by atoms with Gasteiger partial charge in [0.1, 0.15) is 5.69 Å². The van der Waals surface area contributed by atoms with Crippen LogP contribution in [0.2, 0.25) is 0 Å². The Kier molecular flexibility index (Phi) is 4.38. The van der Waals surface area contributed by atoms with E-state index in [0.29, 0.717) is 0 Å². The molecule has 0 saturated carbocycles. The number of rotatable bonds is 2. The van der Waals surface area contributed by atoms with Gasteiger partial charge >= 0.3 is 0 Å². The van der Waals surface area contributed by atoms with Crippen LogP contribution in [-0.2, 0) is 0 Å². The maximum Gasteiger partial charge on any atom is 0.167 e. The maximum atomic E-state index is 5.83. The largest absolute Gasteiger partial charge is 0.399 e. The number of amidine groups is 1. The van der Waals surface area contributed by atoms with Crippen molar-refractivity contribution in [2.45, 2.75) is 18.9 Å². The van der Waals surface area contributed by atoms with Crippen molar-refractivity contribution in [3.63, 3.8) is 0 Å². The molecule has 1 unspecified atom stereocenters. The van der Waals surface area contributed by atoms with Gasteiger partial charge in [-0.15, -0.1) is 0 Å². The predicted molar refractivity (Wildman–Crippen MR) is 91.9 cm³/mol. The summed E-state index contributed by atoms with van der Waals surface area (Å²) >= 11 is 1.67. The Morgan fingerprint density at radius 1 is 1.45 bits per heavy atom. The molecule has 1 fully saturated rings. The molecule has 2 N–H and O–H groups in total. The fraction of sp³-hybridized carbons (Fsp3) is 0.375. The Balaban J connectivity index is 1.87. The van der Waals surface area contributed by atoms with E-state index in [9.17, 15) is 0 Å². The number of nitrogens with zero attached hydrogens (tertiary/aromatic N) is 3. The number of aromatic nitrogens is 1. The van der Waals surface area contributed by atoms with Crippen molar-refractivity contribution in [3.05, 3.63) is 36.0 Å². The number of thioether (sulfide) groups is 1. The summed E-state index contributed by atoms with van der Waals surface area (Å²) in [7, 11) is 1.84. The Hall–Kier alpha value is -1.95. The molecule has 6 heteroatoms. The molecule has 0 amide bonds. The molecule has 0 radical (unpaired) electrons. The van der Waals surface area contributed by atoms with Gasteiger partial charge in [-0.3, -0.25) is 4.99 Å². The molecule has 2 heterocycles. The lowest BCUT2D eigenvalue weighted by Crippen LogP contribution is -2.28. The first kappa shape index (κ1) is 15.0. The normalized spacial score (nSPS) is 18.9. The van der Waals surface area contributed by atoms with Crippen molar-refractivity contribution in [1.29, 1.82) is 0 Å². The Morgan fingerprint density at radius 2 is 2.32 bits per heavy atom. The van der Waals surface area contributed by atoms with Crippen LogP contribution in [0.15, 0.2) is 39.8 Å². The molecule has 1 aliphatic rings. The van der Waals surface area contributed by atoms with E-state index in [0.717, 1.165) is 47.3 Å². The molecule has 2 aromatic rings. The Labute approximate surface area is 134 Å². The topological polar surface area (TPSA) is 67.7 Å². The summed E-state index contributed by atoms with van der Waals surface area (Å²) in [6, 6.07) is 9.92. The highest BCUT2D eigenvalue weighted by molar-refractivity contribution is 8.13. The summed E-state index contributed by atoms with van der Waals surface area (Å²) in [4.78, 5) is 6.68. The first-order chi connectivity index (χ1) is 10.7. The molecule has 1 aliphatic heterocycles.